The maximum absolute atomic E-state index is 13.2. The Morgan fingerprint density at radius 3 is 2.78 bits per heavy atom. The number of halogens is 1. The molecule has 32 heavy (non-hydrogen) atoms. The summed E-state index contributed by atoms with van der Waals surface area (Å²) in [5, 5.41) is 3.23. The van der Waals surface area contributed by atoms with Crippen molar-refractivity contribution in [2.45, 2.75) is 58.2 Å². The number of carbonyl (C=O) groups excluding carboxylic acids is 1. The third kappa shape index (κ3) is 3.72. The first-order valence-electron chi connectivity index (χ1n) is 11.3. The first kappa shape index (κ1) is 20.9. The van der Waals surface area contributed by atoms with E-state index < -0.39 is 0 Å². The van der Waals surface area contributed by atoms with E-state index in [9.17, 15) is 14.0 Å². The highest BCUT2D eigenvalue weighted by atomic mass is 19.1. The van der Waals surface area contributed by atoms with E-state index in [1.807, 2.05) is 11.0 Å². The zero-order chi connectivity index (χ0) is 22.4. The van der Waals surface area contributed by atoms with Crippen molar-refractivity contribution >= 4 is 11.6 Å². The number of benzene rings is 1. The number of hydrogen-bond donors (Lipinski definition) is 1. The molecule has 0 bridgehead atoms. The molecule has 168 valence electrons. The molecule has 1 aromatic carbocycles. The monoisotopic (exact) mass is 437 g/mol. The van der Waals surface area contributed by atoms with Crippen molar-refractivity contribution in [3.63, 3.8) is 0 Å². The second-order valence-electron chi connectivity index (χ2n) is 9.11. The quantitative estimate of drug-likeness (QED) is 0.681. The molecule has 1 amide bonds. The average molecular weight is 438 g/mol. The molecule has 0 unspecified atom stereocenters. The van der Waals surface area contributed by atoms with Gasteiger partial charge in [0.2, 0.25) is 5.91 Å². The number of carbonyl (C=O) groups is 1. The van der Waals surface area contributed by atoms with Gasteiger partial charge in [-0.25, -0.2) is 13.9 Å². The van der Waals surface area contributed by atoms with Gasteiger partial charge < -0.3 is 4.90 Å². The van der Waals surface area contributed by atoms with Crippen LogP contribution < -0.4 is 5.56 Å². The predicted octanol–water partition coefficient (Wildman–Crippen LogP) is 2.83. The van der Waals surface area contributed by atoms with Crippen molar-refractivity contribution < 1.29 is 9.18 Å². The number of rotatable bonds is 4. The Morgan fingerprint density at radius 2 is 2.03 bits per heavy atom. The molecule has 1 fully saturated rings. The topological polar surface area (TPSA) is 73.7 Å². The smallest absolute Gasteiger partial charge is 0.276 e. The fraction of sp³-hybridized carbons (Fsp3) is 0.458. The fourth-order valence-electron chi connectivity index (χ4n) is 4.91. The summed E-state index contributed by atoms with van der Waals surface area (Å²) < 4.78 is 14.7. The zero-order valence-corrected chi connectivity index (χ0v) is 18.5. The van der Waals surface area contributed by atoms with E-state index in [-0.39, 0.29) is 29.7 Å². The highest BCUT2D eigenvalue weighted by molar-refractivity contribution is 5.79. The molecule has 0 radical (unpaired) electrons. The maximum atomic E-state index is 13.2. The number of H-pyrrole nitrogens is 1. The largest absolute Gasteiger partial charge is 0.334 e. The molecule has 0 saturated carbocycles. The van der Waals surface area contributed by atoms with Crippen LogP contribution in [0.2, 0.25) is 0 Å². The van der Waals surface area contributed by atoms with E-state index in [0.29, 0.717) is 31.2 Å². The number of hydrogen-bond acceptors (Lipinski definition) is 4. The minimum Gasteiger partial charge on any atom is -0.334 e. The minimum atomic E-state index is -0.310. The molecule has 4 heterocycles. The number of nitrogens with one attached hydrogen (secondary N) is 1. The Bertz CT molecular complexity index is 1210. The molecule has 2 aliphatic heterocycles. The number of likely N-dealkylation sites (tertiary alicyclic amines) is 1. The lowest BCUT2D eigenvalue weighted by molar-refractivity contribution is -0.131. The van der Waals surface area contributed by atoms with Crippen LogP contribution in [0.1, 0.15) is 55.2 Å². The first-order valence-corrected chi connectivity index (χ1v) is 11.3. The van der Waals surface area contributed by atoms with Gasteiger partial charge in [0, 0.05) is 37.3 Å². The molecule has 7 nitrogen and oxygen atoms in total. The van der Waals surface area contributed by atoms with E-state index in [0.717, 1.165) is 41.9 Å². The fourth-order valence-corrected chi connectivity index (χ4v) is 4.91. The van der Waals surface area contributed by atoms with Gasteiger partial charge >= 0.3 is 0 Å². The molecule has 5 rings (SSSR count). The van der Waals surface area contributed by atoms with Gasteiger partial charge in [0.15, 0.2) is 5.65 Å². The Kier molecular flexibility index (Phi) is 5.33. The van der Waals surface area contributed by atoms with Gasteiger partial charge in [-0.3, -0.25) is 19.6 Å². The third-order valence-corrected chi connectivity index (χ3v) is 6.75. The Balaban J connectivity index is 1.42. The van der Waals surface area contributed by atoms with E-state index in [1.165, 1.54) is 16.6 Å². The van der Waals surface area contributed by atoms with Gasteiger partial charge in [0.05, 0.1) is 23.9 Å². The Hall–Kier alpha value is -3.00. The van der Waals surface area contributed by atoms with Crippen LogP contribution in [0.4, 0.5) is 4.39 Å². The Morgan fingerprint density at radius 1 is 1.25 bits per heavy atom. The van der Waals surface area contributed by atoms with Crippen molar-refractivity contribution in [3.05, 3.63) is 69.0 Å². The SMILES string of the molecule is CC(C)N1CCc2c(nc3cc([C@@H]4CCCN4C(=O)Cc4ccc(F)cc4)[nH]n3c2=O)C1. The molecule has 1 N–H and O–H groups in total. The number of aromatic amines is 1. The summed E-state index contributed by atoms with van der Waals surface area (Å²) in [7, 11) is 0. The van der Waals surface area contributed by atoms with Crippen molar-refractivity contribution in [1.29, 1.82) is 0 Å². The minimum absolute atomic E-state index is 0.00457. The highest BCUT2D eigenvalue weighted by Crippen LogP contribution is 2.32. The molecule has 1 atom stereocenters. The van der Waals surface area contributed by atoms with Crippen LogP contribution in [0.25, 0.3) is 5.65 Å². The summed E-state index contributed by atoms with van der Waals surface area (Å²) in [5.74, 6) is -0.305. The van der Waals surface area contributed by atoms with Crippen LogP contribution in [-0.4, -0.2) is 49.4 Å². The maximum Gasteiger partial charge on any atom is 0.276 e. The lowest BCUT2D eigenvalue weighted by atomic mass is 10.1. The van der Waals surface area contributed by atoms with Gasteiger partial charge in [-0.2, -0.15) is 0 Å². The van der Waals surface area contributed by atoms with Gasteiger partial charge in [-0.1, -0.05) is 12.1 Å². The number of aromatic nitrogens is 3. The standard InChI is InChI=1S/C24H28FN5O2/c1-15(2)28-11-9-18-20(14-28)26-22-13-19(27-30(22)24(18)32)21-4-3-10-29(21)23(31)12-16-5-7-17(25)8-6-16/h5-8,13,15,21,27H,3-4,9-12,14H2,1-2H3/t21-/m0/s1. The Labute approximate surface area is 185 Å². The molecule has 2 aromatic heterocycles. The molecule has 1 saturated heterocycles. The number of fused-ring (bicyclic) bond motifs is 2. The summed E-state index contributed by atoms with van der Waals surface area (Å²) in [5.41, 5.74) is 3.83. The van der Waals surface area contributed by atoms with Gasteiger partial charge in [0.1, 0.15) is 5.82 Å². The van der Waals surface area contributed by atoms with E-state index in [2.05, 4.69) is 23.8 Å². The van der Waals surface area contributed by atoms with Crippen LogP contribution in [0, 0.1) is 5.82 Å². The van der Waals surface area contributed by atoms with E-state index >= 15 is 0 Å². The van der Waals surface area contributed by atoms with E-state index in [1.54, 1.807) is 12.1 Å². The van der Waals surface area contributed by atoms with Gasteiger partial charge in [0.25, 0.3) is 5.56 Å². The van der Waals surface area contributed by atoms with Crippen molar-refractivity contribution in [1.82, 2.24) is 24.4 Å². The summed E-state index contributed by atoms with van der Waals surface area (Å²) in [4.78, 5) is 35.1. The van der Waals surface area contributed by atoms with Crippen molar-refractivity contribution in [3.8, 4) is 0 Å². The lowest BCUT2D eigenvalue weighted by Crippen LogP contribution is -2.39. The van der Waals surface area contributed by atoms with Crippen LogP contribution in [0.5, 0.6) is 0 Å². The van der Waals surface area contributed by atoms with Gasteiger partial charge in [-0.15, -0.1) is 0 Å². The summed E-state index contributed by atoms with van der Waals surface area (Å²) in [6, 6.07) is 8.25. The third-order valence-electron chi connectivity index (χ3n) is 6.75. The first-order chi connectivity index (χ1) is 15.4. The molecule has 0 aliphatic carbocycles. The average Bonchev–Trinajstić information content (AvgIpc) is 3.42. The second-order valence-corrected chi connectivity index (χ2v) is 9.11. The second kappa shape index (κ2) is 8.16. The normalized spacial score (nSPS) is 19.1. The summed E-state index contributed by atoms with van der Waals surface area (Å²) in [6.07, 6.45) is 2.66. The van der Waals surface area contributed by atoms with E-state index in [4.69, 9.17) is 4.98 Å². The van der Waals surface area contributed by atoms with Crippen LogP contribution in [0.15, 0.2) is 35.1 Å². The number of nitrogens with zero attached hydrogens (tertiary/aromatic N) is 4. The molecular weight excluding hydrogens is 409 g/mol. The summed E-state index contributed by atoms with van der Waals surface area (Å²) >= 11 is 0. The predicted molar refractivity (Wildman–Crippen MR) is 119 cm³/mol. The lowest BCUT2D eigenvalue weighted by Gasteiger charge is -2.30. The highest BCUT2D eigenvalue weighted by Gasteiger charge is 2.32. The van der Waals surface area contributed by atoms with Crippen LogP contribution >= 0.6 is 0 Å². The molecule has 0 spiro atoms. The molecule has 2 aliphatic rings. The zero-order valence-electron chi connectivity index (χ0n) is 18.5. The molecule has 3 aromatic rings. The van der Waals surface area contributed by atoms with Crippen molar-refractivity contribution in [2.24, 2.45) is 0 Å². The van der Waals surface area contributed by atoms with Crippen LogP contribution in [0.3, 0.4) is 0 Å². The summed E-state index contributed by atoms with van der Waals surface area (Å²) in [6.45, 7) is 6.52. The van der Waals surface area contributed by atoms with Gasteiger partial charge in [-0.05, 0) is 50.8 Å². The molecule has 8 heteroatoms. The molecular formula is C24H28FN5O2. The van der Waals surface area contributed by atoms with Crippen molar-refractivity contribution in [2.75, 3.05) is 13.1 Å². The van der Waals surface area contributed by atoms with Crippen LogP contribution in [-0.2, 0) is 24.2 Å². The number of amides is 1.